The van der Waals surface area contributed by atoms with Crippen molar-refractivity contribution in [1.29, 1.82) is 0 Å². The van der Waals surface area contributed by atoms with Crippen LogP contribution in [0.15, 0.2) is 35.7 Å². The van der Waals surface area contributed by atoms with Gasteiger partial charge in [0, 0.05) is 11.3 Å². The summed E-state index contributed by atoms with van der Waals surface area (Å²) < 4.78 is 1.54. The standard InChI is InChI=1S/C16H20N6O/c23-16(19-18-14-6-4-2-1-3-5-7-14)13-8-10-15(11-9-13)22-12-17-20-21-22/h8-12H,1-7H2,(H,19,23). The van der Waals surface area contributed by atoms with Gasteiger partial charge in [-0.3, -0.25) is 4.79 Å². The predicted octanol–water partition coefficient (Wildman–Crippen LogP) is 2.49. The molecule has 1 saturated carbocycles. The third-order valence-electron chi connectivity index (χ3n) is 3.99. The van der Waals surface area contributed by atoms with Crippen molar-refractivity contribution >= 4 is 11.6 Å². The number of benzene rings is 1. The van der Waals surface area contributed by atoms with E-state index in [0.717, 1.165) is 37.1 Å². The number of tetrazole rings is 1. The smallest absolute Gasteiger partial charge is 0.267 e. The van der Waals surface area contributed by atoms with Crippen LogP contribution in [0.5, 0.6) is 0 Å². The number of carbonyl (C=O) groups is 1. The molecule has 0 saturated heterocycles. The first kappa shape index (κ1) is 15.3. The maximum atomic E-state index is 12.2. The summed E-state index contributed by atoms with van der Waals surface area (Å²) in [7, 11) is 0. The molecule has 0 spiro atoms. The van der Waals surface area contributed by atoms with E-state index in [0.29, 0.717) is 5.56 Å². The topological polar surface area (TPSA) is 85.1 Å². The molecular weight excluding hydrogens is 292 g/mol. The molecule has 3 rings (SSSR count). The summed E-state index contributed by atoms with van der Waals surface area (Å²) in [5.74, 6) is -0.192. The highest BCUT2D eigenvalue weighted by Gasteiger charge is 2.08. The Labute approximate surface area is 134 Å². The fourth-order valence-electron chi connectivity index (χ4n) is 2.66. The number of rotatable bonds is 3. The largest absolute Gasteiger partial charge is 0.271 e. The molecule has 1 aromatic carbocycles. The highest BCUT2D eigenvalue weighted by Crippen LogP contribution is 2.15. The van der Waals surface area contributed by atoms with Crippen LogP contribution < -0.4 is 5.43 Å². The molecule has 1 N–H and O–H groups in total. The zero-order chi connectivity index (χ0) is 15.9. The molecule has 1 amide bonds. The summed E-state index contributed by atoms with van der Waals surface area (Å²) in [5, 5.41) is 15.3. The molecule has 2 aromatic rings. The Kier molecular flexibility index (Phi) is 5.08. The van der Waals surface area contributed by atoms with E-state index in [1.807, 2.05) is 0 Å². The lowest BCUT2D eigenvalue weighted by Gasteiger charge is -2.11. The van der Waals surface area contributed by atoms with Gasteiger partial charge < -0.3 is 0 Å². The van der Waals surface area contributed by atoms with Crippen LogP contribution in [0.3, 0.4) is 0 Å². The van der Waals surface area contributed by atoms with Crippen molar-refractivity contribution in [3.63, 3.8) is 0 Å². The minimum atomic E-state index is -0.192. The Morgan fingerprint density at radius 2 is 1.74 bits per heavy atom. The van der Waals surface area contributed by atoms with Crippen LogP contribution in [0, 0.1) is 0 Å². The molecule has 0 radical (unpaired) electrons. The summed E-state index contributed by atoms with van der Waals surface area (Å²) in [5.41, 5.74) is 5.14. The van der Waals surface area contributed by atoms with Crippen LogP contribution in [0.1, 0.15) is 55.3 Å². The molecule has 1 aliphatic rings. The first-order chi connectivity index (χ1) is 11.3. The number of hydrazone groups is 1. The maximum absolute atomic E-state index is 12.2. The first-order valence-electron chi connectivity index (χ1n) is 8.02. The molecule has 7 heteroatoms. The number of carbonyl (C=O) groups excluding carboxylic acids is 1. The zero-order valence-electron chi connectivity index (χ0n) is 13.0. The third kappa shape index (κ3) is 4.21. The number of aromatic nitrogens is 4. The van der Waals surface area contributed by atoms with Crippen LogP contribution in [0.2, 0.25) is 0 Å². The van der Waals surface area contributed by atoms with E-state index < -0.39 is 0 Å². The van der Waals surface area contributed by atoms with Crippen molar-refractivity contribution in [1.82, 2.24) is 25.6 Å². The molecule has 0 bridgehead atoms. The number of amides is 1. The third-order valence-corrected chi connectivity index (χ3v) is 3.99. The van der Waals surface area contributed by atoms with E-state index in [4.69, 9.17) is 0 Å². The fraction of sp³-hybridized carbons (Fsp3) is 0.438. The van der Waals surface area contributed by atoms with Gasteiger partial charge in [0.1, 0.15) is 6.33 Å². The minimum absolute atomic E-state index is 0.192. The van der Waals surface area contributed by atoms with Gasteiger partial charge in [-0.1, -0.05) is 19.3 Å². The van der Waals surface area contributed by atoms with Crippen LogP contribution in [-0.4, -0.2) is 31.8 Å². The number of hydrogen-bond acceptors (Lipinski definition) is 5. The highest BCUT2D eigenvalue weighted by molar-refractivity contribution is 5.95. The quantitative estimate of drug-likeness (QED) is 0.882. The van der Waals surface area contributed by atoms with Gasteiger partial charge in [-0.05, 0) is 60.4 Å². The Morgan fingerprint density at radius 3 is 2.39 bits per heavy atom. The van der Waals surface area contributed by atoms with Gasteiger partial charge >= 0.3 is 0 Å². The molecular formula is C16H20N6O. The van der Waals surface area contributed by atoms with E-state index in [1.165, 1.54) is 30.3 Å². The SMILES string of the molecule is O=C(NN=C1CCCCCCC1)c1ccc(-n2cnnn2)cc1. The molecule has 1 heterocycles. The predicted molar refractivity (Wildman–Crippen MR) is 86.4 cm³/mol. The second kappa shape index (κ2) is 7.62. The van der Waals surface area contributed by atoms with E-state index in [9.17, 15) is 4.79 Å². The highest BCUT2D eigenvalue weighted by atomic mass is 16.2. The molecule has 1 aromatic heterocycles. The lowest BCUT2D eigenvalue weighted by Crippen LogP contribution is -2.20. The normalized spacial score (nSPS) is 15.6. The van der Waals surface area contributed by atoms with E-state index in [2.05, 4.69) is 26.1 Å². The van der Waals surface area contributed by atoms with Crippen LogP contribution in [-0.2, 0) is 0 Å². The van der Waals surface area contributed by atoms with Crippen LogP contribution in [0.4, 0.5) is 0 Å². The molecule has 1 fully saturated rings. The summed E-state index contributed by atoms with van der Waals surface area (Å²) in [6, 6.07) is 7.08. The molecule has 0 unspecified atom stereocenters. The van der Waals surface area contributed by atoms with Crippen LogP contribution >= 0.6 is 0 Å². The summed E-state index contributed by atoms with van der Waals surface area (Å²) in [6.07, 6.45) is 9.63. The summed E-state index contributed by atoms with van der Waals surface area (Å²) in [6.45, 7) is 0. The fourth-order valence-corrected chi connectivity index (χ4v) is 2.66. The van der Waals surface area contributed by atoms with Gasteiger partial charge in [0.05, 0.1) is 5.69 Å². The van der Waals surface area contributed by atoms with Gasteiger partial charge in [-0.2, -0.15) is 5.10 Å². The average Bonchev–Trinajstić information content (AvgIpc) is 3.08. The lowest BCUT2D eigenvalue weighted by atomic mass is 9.99. The van der Waals surface area contributed by atoms with Crippen molar-refractivity contribution in [3.8, 4) is 5.69 Å². The van der Waals surface area contributed by atoms with Crippen molar-refractivity contribution in [3.05, 3.63) is 36.2 Å². The first-order valence-corrected chi connectivity index (χ1v) is 8.02. The monoisotopic (exact) mass is 312 g/mol. The molecule has 0 atom stereocenters. The second-order valence-electron chi connectivity index (χ2n) is 5.69. The minimum Gasteiger partial charge on any atom is -0.267 e. The average molecular weight is 312 g/mol. The van der Waals surface area contributed by atoms with Crippen molar-refractivity contribution < 1.29 is 4.79 Å². The molecule has 0 aliphatic heterocycles. The Morgan fingerprint density at radius 1 is 1.04 bits per heavy atom. The van der Waals surface area contributed by atoms with Gasteiger partial charge in [-0.25, -0.2) is 10.1 Å². The number of nitrogens with zero attached hydrogens (tertiary/aromatic N) is 5. The maximum Gasteiger partial charge on any atom is 0.271 e. The second-order valence-corrected chi connectivity index (χ2v) is 5.69. The van der Waals surface area contributed by atoms with Gasteiger partial charge in [0.25, 0.3) is 5.91 Å². The lowest BCUT2D eigenvalue weighted by molar-refractivity contribution is 0.0954. The van der Waals surface area contributed by atoms with E-state index in [-0.39, 0.29) is 5.91 Å². The summed E-state index contributed by atoms with van der Waals surface area (Å²) >= 11 is 0. The van der Waals surface area contributed by atoms with Gasteiger partial charge in [-0.15, -0.1) is 5.10 Å². The van der Waals surface area contributed by atoms with Gasteiger partial charge in [0.15, 0.2) is 0 Å². The van der Waals surface area contributed by atoms with E-state index >= 15 is 0 Å². The number of hydrogen-bond donors (Lipinski definition) is 1. The molecule has 120 valence electrons. The Hall–Kier alpha value is -2.57. The Balaban J connectivity index is 1.61. The number of nitrogens with one attached hydrogen (secondary N) is 1. The van der Waals surface area contributed by atoms with Crippen molar-refractivity contribution in [2.24, 2.45) is 5.10 Å². The zero-order valence-corrected chi connectivity index (χ0v) is 13.0. The van der Waals surface area contributed by atoms with Crippen molar-refractivity contribution in [2.45, 2.75) is 44.9 Å². The molecule has 1 aliphatic carbocycles. The summed E-state index contributed by atoms with van der Waals surface area (Å²) in [4.78, 5) is 12.2. The van der Waals surface area contributed by atoms with Crippen LogP contribution in [0.25, 0.3) is 5.69 Å². The molecule has 7 nitrogen and oxygen atoms in total. The van der Waals surface area contributed by atoms with Gasteiger partial charge in [0.2, 0.25) is 0 Å². The molecule has 23 heavy (non-hydrogen) atoms. The van der Waals surface area contributed by atoms with Crippen molar-refractivity contribution in [2.75, 3.05) is 0 Å². The Bertz CT molecular complexity index is 652. The van der Waals surface area contributed by atoms with E-state index in [1.54, 1.807) is 24.3 Å².